The van der Waals surface area contributed by atoms with Crippen molar-refractivity contribution in [2.24, 2.45) is 0 Å². The highest BCUT2D eigenvalue weighted by atomic mass is 35.5. The van der Waals surface area contributed by atoms with Crippen LogP contribution >= 0.6 is 11.6 Å². The SMILES string of the molecule is CN(C)CC1CN(c2ccc(Cl)cc2)CCN1. The molecule has 2 rings (SSSR count). The number of piperazine rings is 1. The van der Waals surface area contributed by atoms with Gasteiger partial charge in [0.15, 0.2) is 0 Å². The van der Waals surface area contributed by atoms with Gasteiger partial charge in [0.2, 0.25) is 0 Å². The van der Waals surface area contributed by atoms with Crippen molar-refractivity contribution in [3.05, 3.63) is 29.3 Å². The van der Waals surface area contributed by atoms with E-state index in [1.165, 1.54) is 5.69 Å². The Labute approximate surface area is 108 Å². The van der Waals surface area contributed by atoms with Crippen LogP contribution in [0.3, 0.4) is 0 Å². The van der Waals surface area contributed by atoms with Gasteiger partial charge in [0.25, 0.3) is 0 Å². The molecule has 1 aromatic carbocycles. The number of nitrogens with zero attached hydrogens (tertiary/aromatic N) is 2. The second-order valence-electron chi connectivity index (χ2n) is 4.84. The van der Waals surface area contributed by atoms with E-state index < -0.39 is 0 Å². The second kappa shape index (κ2) is 5.71. The van der Waals surface area contributed by atoms with Gasteiger partial charge >= 0.3 is 0 Å². The van der Waals surface area contributed by atoms with Crippen LogP contribution in [0.1, 0.15) is 0 Å². The minimum atomic E-state index is 0.537. The summed E-state index contributed by atoms with van der Waals surface area (Å²) < 4.78 is 0. The lowest BCUT2D eigenvalue weighted by atomic mass is 10.1. The van der Waals surface area contributed by atoms with Crippen LogP contribution < -0.4 is 10.2 Å². The van der Waals surface area contributed by atoms with E-state index in [1.807, 2.05) is 12.1 Å². The quantitative estimate of drug-likeness (QED) is 0.884. The molecular weight excluding hydrogens is 234 g/mol. The van der Waals surface area contributed by atoms with Crippen LogP contribution in [0.5, 0.6) is 0 Å². The molecule has 0 amide bonds. The van der Waals surface area contributed by atoms with Crippen LogP contribution in [0.25, 0.3) is 0 Å². The van der Waals surface area contributed by atoms with Gasteiger partial charge in [0, 0.05) is 42.9 Å². The highest BCUT2D eigenvalue weighted by molar-refractivity contribution is 6.30. The minimum absolute atomic E-state index is 0.537. The first-order valence-corrected chi connectivity index (χ1v) is 6.41. The molecule has 1 N–H and O–H groups in total. The molecule has 0 spiro atoms. The largest absolute Gasteiger partial charge is 0.369 e. The Morgan fingerprint density at radius 1 is 1.35 bits per heavy atom. The monoisotopic (exact) mass is 253 g/mol. The predicted octanol–water partition coefficient (Wildman–Crippen LogP) is 1.68. The summed E-state index contributed by atoms with van der Waals surface area (Å²) in [5.74, 6) is 0. The molecule has 17 heavy (non-hydrogen) atoms. The Kier molecular flexibility index (Phi) is 4.26. The number of hydrogen-bond acceptors (Lipinski definition) is 3. The molecule has 1 heterocycles. The molecule has 1 saturated heterocycles. The van der Waals surface area contributed by atoms with Gasteiger partial charge in [-0.05, 0) is 38.4 Å². The Bertz CT molecular complexity index is 350. The third kappa shape index (κ3) is 3.60. The molecule has 4 heteroatoms. The summed E-state index contributed by atoms with van der Waals surface area (Å²) in [5.41, 5.74) is 1.26. The molecule has 0 aromatic heterocycles. The van der Waals surface area contributed by atoms with Crippen LogP contribution in [0.4, 0.5) is 5.69 Å². The average molecular weight is 254 g/mol. The molecule has 1 unspecified atom stereocenters. The van der Waals surface area contributed by atoms with E-state index in [9.17, 15) is 0 Å². The Hall–Kier alpha value is -0.770. The van der Waals surface area contributed by atoms with Crippen molar-refractivity contribution in [3.63, 3.8) is 0 Å². The molecular formula is C13H20ClN3. The molecule has 0 saturated carbocycles. The molecule has 1 aliphatic rings. The van der Waals surface area contributed by atoms with Gasteiger partial charge < -0.3 is 15.1 Å². The Morgan fingerprint density at radius 3 is 2.71 bits per heavy atom. The molecule has 3 nitrogen and oxygen atoms in total. The maximum absolute atomic E-state index is 5.91. The number of benzene rings is 1. The van der Waals surface area contributed by atoms with E-state index in [2.05, 4.69) is 41.3 Å². The van der Waals surface area contributed by atoms with E-state index in [4.69, 9.17) is 11.6 Å². The smallest absolute Gasteiger partial charge is 0.0407 e. The van der Waals surface area contributed by atoms with Crippen molar-refractivity contribution in [3.8, 4) is 0 Å². The summed E-state index contributed by atoms with van der Waals surface area (Å²) in [6.45, 7) is 4.23. The summed E-state index contributed by atoms with van der Waals surface area (Å²) in [7, 11) is 4.23. The zero-order chi connectivity index (χ0) is 12.3. The van der Waals surface area contributed by atoms with Crippen LogP contribution in [-0.2, 0) is 0 Å². The highest BCUT2D eigenvalue weighted by Crippen LogP contribution is 2.19. The van der Waals surface area contributed by atoms with Gasteiger partial charge in [-0.3, -0.25) is 0 Å². The molecule has 1 aromatic rings. The van der Waals surface area contributed by atoms with Crippen molar-refractivity contribution >= 4 is 17.3 Å². The van der Waals surface area contributed by atoms with Gasteiger partial charge in [-0.1, -0.05) is 11.6 Å². The van der Waals surface area contributed by atoms with Gasteiger partial charge in [-0.2, -0.15) is 0 Å². The van der Waals surface area contributed by atoms with E-state index in [1.54, 1.807) is 0 Å². The molecule has 1 atom stereocenters. The van der Waals surface area contributed by atoms with Crippen LogP contribution in [-0.4, -0.2) is 51.2 Å². The lowest BCUT2D eigenvalue weighted by molar-refractivity contribution is 0.323. The van der Waals surface area contributed by atoms with Crippen molar-refractivity contribution < 1.29 is 0 Å². The lowest BCUT2D eigenvalue weighted by Gasteiger charge is -2.36. The van der Waals surface area contributed by atoms with E-state index in [0.717, 1.165) is 31.2 Å². The number of likely N-dealkylation sites (N-methyl/N-ethyl adjacent to an activating group) is 1. The zero-order valence-electron chi connectivity index (χ0n) is 10.5. The van der Waals surface area contributed by atoms with Crippen molar-refractivity contribution in [1.29, 1.82) is 0 Å². The van der Waals surface area contributed by atoms with Gasteiger partial charge in [-0.15, -0.1) is 0 Å². The van der Waals surface area contributed by atoms with Crippen LogP contribution in [0.15, 0.2) is 24.3 Å². The first-order chi connectivity index (χ1) is 8.15. The second-order valence-corrected chi connectivity index (χ2v) is 5.27. The number of anilines is 1. The van der Waals surface area contributed by atoms with Crippen molar-refractivity contribution in [2.75, 3.05) is 45.2 Å². The number of halogens is 1. The van der Waals surface area contributed by atoms with Crippen molar-refractivity contribution in [2.45, 2.75) is 6.04 Å². The fourth-order valence-corrected chi connectivity index (χ4v) is 2.40. The highest BCUT2D eigenvalue weighted by Gasteiger charge is 2.19. The minimum Gasteiger partial charge on any atom is -0.369 e. The molecule has 0 radical (unpaired) electrons. The van der Waals surface area contributed by atoms with Gasteiger partial charge in [-0.25, -0.2) is 0 Å². The third-order valence-electron chi connectivity index (χ3n) is 3.03. The Balaban J connectivity index is 1.99. The summed E-state index contributed by atoms with van der Waals surface area (Å²) >= 11 is 5.91. The zero-order valence-corrected chi connectivity index (χ0v) is 11.2. The molecule has 1 fully saturated rings. The summed E-state index contributed by atoms with van der Waals surface area (Å²) in [6.07, 6.45) is 0. The van der Waals surface area contributed by atoms with Gasteiger partial charge in [0.1, 0.15) is 0 Å². The number of rotatable bonds is 3. The average Bonchev–Trinajstić information content (AvgIpc) is 2.29. The predicted molar refractivity (Wildman–Crippen MR) is 74.0 cm³/mol. The van der Waals surface area contributed by atoms with E-state index in [0.29, 0.717) is 6.04 Å². The lowest BCUT2D eigenvalue weighted by Crippen LogP contribution is -2.54. The Morgan fingerprint density at radius 2 is 2.06 bits per heavy atom. The summed E-state index contributed by atoms with van der Waals surface area (Å²) in [5, 5.41) is 4.35. The molecule has 1 aliphatic heterocycles. The fraction of sp³-hybridized carbons (Fsp3) is 0.538. The standard InChI is InChI=1S/C13H20ClN3/c1-16(2)9-12-10-17(8-7-15-12)13-5-3-11(14)4-6-13/h3-6,12,15H,7-10H2,1-2H3. The fourth-order valence-electron chi connectivity index (χ4n) is 2.27. The topological polar surface area (TPSA) is 18.5 Å². The molecule has 94 valence electrons. The first-order valence-electron chi connectivity index (χ1n) is 6.04. The van der Waals surface area contributed by atoms with Crippen molar-refractivity contribution in [1.82, 2.24) is 10.2 Å². The normalized spacial score (nSPS) is 20.9. The van der Waals surface area contributed by atoms with Crippen LogP contribution in [0, 0.1) is 0 Å². The molecule has 0 aliphatic carbocycles. The van der Waals surface area contributed by atoms with Gasteiger partial charge in [0.05, 0.1) is 0 Å². The number of nitrogens with one attached hydrogen (secondary N) is 1. The maximum atomic E-state index is 5.91. The maximum Gasteiger partial charge on any atom is 0.0407 e. The first kappa shape index (κ1) is 12.7. The summed E-state index contributed by atoms with van der Waals surface area (Å²) in [4.78, 5) is 4.64. The van der Waals surface area contributed by atoms with E-state index in [-0.39, 0.29) is 0 Å². The summed E-state index contributed by atoms with van der Waals surface area (Å²) in [6, 6.07) is 8.65. The number of hydrogen-bond donors (Lipinski definition) is 1. The van der Waals surface area contributed by atoms with E-state index >= 15 is 0 Å². The third-order valence-corrected chi connectivity index (χ3v) is 3.28. The van der Waals surface area contributed by atoms with Crippen LogP contribution in [0.2, 0.25) is 5.02 Å². The molecule has 0 bridgehead atoms.